The van der Waals surface area contributed by atoms with Crippen molar-refractivity contribution in [3.05, 3.63) is 27.7 Å². The first kappa shape index (κ1) is 11.0. The molecule has 1 atom stereocenters. The third-order valence-electron chi connectivity index (χ3n) is 2.72. The molecule has 3 heteroatoms. The minimum atomic E-state index is 0.192. The van der Waals surface area contributed by atoms with E-state index in [0.717, 1.165) is 16.5 Å². The highest BCUT2D eigenvalue weighted by molar-refractivity contribution is 9.10. The minimum absolute atomic E-state index is 0.192. The topological polar surface area (TPSA) is 29.5 Å². The predicted octanol–water partition coefficient (Wildman–Crippen LogP) is 3.77. The van der Waals surface area contributed by atoms with Gasteiger partial charge in [-0.1, -0.05) is 19.9 Å². The molecule has 0 saturated carbocycles. The maximum absolute atomic E-state index is 9.55. The Morgan fingerprint density at radius 1 is 1.53 bits per heavy atom. The highest BCUT2D eigenvalue weighted by Gasteiger charge is 2.26. The number of hydrogen-bond acceptors (Lipinski definition) is 2. The smallest absolute Gasteiger partial charge is 0.130 e. The van der Waals surface area contributed by atoms with Crippen LogP contribution in [0.4, 0.5) is 0 Å². The van der Waals surface area contributed by atoms with Crippen molar-refractivity contribution >= 4 is 15.9 Å². The van der Waals surface area contributed by atoms with Gasteiger partial charge in [-0.05, 0) is 39.9 Å². The van der Waals surface area contributed by atoms with Gasteiger partial charge in [0.2, 0.25) is 0 Å². The number of benzene rings is 1. The van der Waals surface area contributed by atoms with Gasteiger partial charge in [-0.2, -0.15) is 0 Å². The molecule has 1 N–H and O–H groups in total. The second kappa shape index (κ2) is 4.14. The molecule has 1 aromatic carbocycles. The molecule has 0 radical (unpaired) electrons. The van der Waals surface area contributed by atoms with Crippen LogP contribution in [0, 0.1) is 5.92 Å². The molecule has 82 valence electrons. The summed E-state index contributed by atoms with van der Waals surface area (Å²) < 4.78 is 6.51. The number of phenolic OH excluding ortho intramolecular Hbond substituents is 1. The zero-order valence-corrected chi connectivity index (χ0v) is 10.5. The largest absolute Gasteiger partial charge is 0.507 e. The fraction of sp³-hybridized carbons (Fsp3) is 0.500. The molecular weight excluding hydrogens is 256 g/mol. The standard InChI is InChI=1S/C12H15BrO2/c1-7(2)5-11-8-3-4-10(14)12(13)9(8)6-15-11/h3-4,7,11,14H,5-6H2,1-2H3. The summed E-state index contributed by atoms with van der Waals surface area (Å²) in [5, 5.41) is 9.55. The van der Waals surface area contributed by atoms with E-state index in [1.165, 1.54) is 5.56 Å². The van der Waals surface area contributed by atoms with Crippen molar-refractivity contribution < 1.29 is 9.84 Å². The second-order valence-electron chi connectivity index (χ2n) is 4.40. The van der Waals surface area contributed by atoms with Crippen LogP contribution in [0.5, 0.6) is 5.75 Å². The van der Waals surface area contributed by atoms with E-state index in [-0.39, 0.29) is 6.10 Å². The molecule has 2 rings (SSSR count). The van der Waals surface area contributed by atoms with Crippen LogP contribution in [-0.4, -0.2) is 5.11 Å². The lowest BCUT2D eigenvalue weighted by Crippen LogP contribution is -2.00. The zero-order chi connectivity index (χ0) is 11.0. The van der Waals surface area contributed by atoms with Crippen molar-refractivity contribution in [3.63, 3.8) is 0 Å². The summed E-state index contributed by atoms with van der Waals surface area (Å²) >= 11 is 3.39. The Hall–Kier alpha value is -0.540. The monoisotopic (exact) mass is 270 g/mol. The SMILES string of the molecule is CC(C)CC1OCc2c1ccc(O)c2Br. The molecule has 1 aliphatic rings. The van der Waals surface area contributed by atoms with E-state index in [1.807, 2.05) is 6.07 Å². The van der Waals surface area contributed by atoms with Gasteiger partial charge in [-0.25, -0.2) is 0 Å². The van der Waals surface area contributed by atoms with Gasteiger partial charge >= 0.3 is 0 Å². The van der Waals surface area contributed by atoms with Crippen molar-refractivity contribution in [1.82, 2.24) is 0 Å². The Morgan fingerprint density at radius 2 is 2.27 bits per heavy atom. The summed E-state index contributed by atoms with van der Waals surface area (Å²) in [7, 11) is 0. The van der Waals surface area contributed by atoms with Crippen molar-refractivity contribution in [2.75, 3.05) is 0 Å². The maximum Gasteiger partial charge on any atom is 0.130 e. The molecule has 1 unspecified atom stereocenters. The lowest BCUT2D eigenvalue weighted by atomic mass is 9.98. The predicted molar refractivity (Wildman–Crippen MR) is 62.8 cm³/mol. The van der Waals surface area contributed by atoms with Crippen LogP contribution in [0.3, 0.4) is 0 Å². The number of hydrogen-bond donors (Lipinski definition) is 1. The van der Waals surface area contributed by atoms with Gasteiger partial charge in [-0.3, -0.25) is 0 Å². The Balaban J connectivity index is 2.32. The molecule has 0 aliphatic carbocycles. The highest BCUT2D eigenvalue weighted by atomic mass is 79.9. The summed E-state index contributed by atoms with van der Waals surface area (Å²) in [6.07, 6.45) is 1.22. The van der Waals surface area contributed by atoms with Crippen LogP contribution in [0.1, 0.15) is 37.5 Å². The first-order valence-corrected chi connectivity index (χ1v) is 6.00. The van der Waals surface area contributed by atoms with Crippen molar-refractivity contribution in [2.45, 2.75) is 33.0 Å². The quantitative estimate of drug-likeness (QED) is 0.887. The van der Waals surface area contributed by atoms with Gasteiger partial charge in [0.15, 0.2) is 0 Å². The summed E-state index contributed by atoms with van der Waals surface area (Å²) in [6, 6.07) is 3.69. The van der Waals surface area contributed by atoms with Gasteiger partial charge in [0.1, 0.15) is 5.75 Å². The molecule has 0 spiro atoms. The van der Waals surface area contributed by atoms with E-state index < -0.39 is 0 Å². The number of ether oxygens (including phenoxy) is 1. The first-order chi connectivity index (χ1) is 7.09. The number of fused-ring (bicyclic) bond motifs is 1. The third kappa shape index (κ3) is 2.04. The number of aromatic hydroxyl groups is 1. The Bertz CT molecular complexity index is 374. The van der Waals surface area contributed by atoms with E-state index in [4.69, 9.17) is 4.74 Å². The lowest BCUT2D eigenvalue weighted by Gasteiger charge is -2.13. The minimum Gasteiger partial charge on any atom is -0.507 e. The molecule has 0 saturated heterocycles. The van der Waals surface area contributed by atoms with E-state index >= 15 is 0 Å². The maximum atomic E-state index is 9.55. The molecule has 1 aliphatic heterocycles. The second-order valence-corrected chi connectivity index (χ2v) is 5.19. The molecular formula is C12H15BrO2. The third-order valence-corrected chi connectivity index (χ3v) is 3.61. The van der Waals surface area contributed by atoms with E-state index in [0.29, 0.717) is 18.3 Å². The molecule has 2 nitrogen and oxygen atoms in total. The Labute approximate surface area is 98.4 Å². The fourth-order valence-corrected chi connectivity index (χ4v) is 2.44. The zero-order valence-electron chi connectivity index (χ0n) is 8.96. The molecule has 1 aromatic rings. The van der Waals surface area contributed by atoms with Crippen LogP contribution in [0.25, 0.3) is 0 Å². The molecule has 0 aromatic heterocycles. The van der Waals surface area contributed by atoms with Gasteiger partial charge in [0, 0.05) is 5.56 Å². The molecule has 0 amide bonds. The van der Waals surface area contributed by atoms with Crippen LogP contribution in [-0.2, 0) is 11.3 Å². The number of phenols is 1. The lowest BCUT2D eigenvalue weighted by molar-refractivity contribution is 0.0513. The van der Waals surface area contributed by atoms with Crippen LogP contribution in [0.15, 0.2) is 16.6 Å². The van der Waals surface area contributed by atoms with E-state index in [9.17, 15) is 5.11 Å². The summed E-state index contributed by atoms with van der Waals surface area (Å²) in [4.78, 5) is 0. The van der Waals surface area contributed by atoms with E-state index in [1.54, 1.807) is 6.07 Å². The average Bonchev–Trinajstić information content (AvgIpc) is 2.55. The molecule has 0 fully saturated rings. The normalized spacial score (nSPS) is 19.6. The molecule has 15 heavy (non-hydrogen) atoms. The first-order valence-electron chi connectivity index (χ1n) is 5.21. The van der Waals surface area contributed by atoms with Gasteiger partial charge < -0.3 is 9.84 Å². The Kier molecular flexibility index (Phi) is 3.03. The van der Waals surface area contributed by atoms with Gasteiger partial charge in [0.05, 0.1) is 17.2 Å². The summed E-state index contributed by atoms with van der Waals surface area (Å²) in [5.74, 6) is 0.913. The highest BCUT2D eigenvalue weighted by Crippen LogP contribution is 2.41. The molecule has 0 bridgehead atoms. The van der Waals surface area contributed by atoms with Crippen molar-refractivity contribution in [3.8, 4) is 5.75 Å². The van der Waals surface area contributed by atoms with Crippen LogP contribution >= 0.6 is 15.9 Å². The summed E-state index contributed by atoms with van der Waals surface area (Å²) in [6.45, 7) is 4.98. The van der Waals surface area contributed by atoms with Crippen molar-refractivity contribution in [1.29, 1.82) is 0 Å². The fourth-order valence-electron chi connectivity index (χ4n) is 1.97. The number of halogens is 1. The van der Waals surface area contributed by atoms with E-state index in [2.05, 4.69) is 29.8 Å². The number of rotatable bonds is 2. The molecule has 1 heterocycles. The van der Waals surface area contributed by atoms with Crippen LogP contribution in [0.2, 0.25) is 0 Å². The van der Waals surface area contributed by atoms with Crippen molar-refractivity contribution in [2.24, 2.45) is 5.92 Å². The summed E-state index contributed by atoms with van der Waals surface area (Å²) in [5.41, 5.74) is 2.31. The van der Waals surface area contributed by atoms with Gasteiger partial charge in [0.25, 0.3) is 0 Å². The van der Waals surface area contributed by atoms with Crippen LogP contribution < -0.4 is 0 Å². The average molecular weight is 271 g/mol. The Morgan fingerprint density at radius 3 is 2.93 bits per heavy atom. The van der Waals surface area contributed by atoms with Gasteiger partial charge in [-0.15, -0.1) is 0 Å².